The zero-order valence-electron chi connectivity index (χ0n) is 4.72. The van der Waals surface area contributed by atoms with Crippen LogP contribution >= 0.6 is 0 Å². The van der Waals surface area contributed by atoms with Gasteiger partial charge in [0.05, 0.1) is 0 Å². The number of rotatable bonds is 2. The quantitative estimate of drug-likeness (QED) is 0.352. The molecule has 0 atom stereocenters. The van der Waals surface area contributed by atoms with Gasteiger partial charge >= 0.3 is 0 Å². The van der Waals surface area contributed by atoms with Gasteiger partial charge in [-0.15, -0.1) is 0 Å². The minimum Gasteiger partial charge on any atom is -0.370 e. The molecule has 0 radical (unpaired) electrons. The lowest BCUT2D eigenvalue weighted by Crippen LogP contribution is -2.23. The molecule has 0 rings (SSSR count). The summed E-state index contributed by atoms with van der Waals surface area (Å²) in [6.07, 6.45) is 0. The number of hydrogen-bond acceptors (Lipinski definition) is 2. The van der Waals surface area contributed by atoms with Crippen molar-refractivity contribution in [3.63, 3.8) is 0 Å². The molecule has 0 saturated heterocycles. The number of hydrogen-bond donors (Lipinski definition) is 2. The molecule has 0 unspecified atom stereocenters. The van der Waals surface area contributed by atoms with Crippen LogP contribution in [0.15, 0.2) is 4.99 Å². The van der Waals surface area contributed by atoms with Gasteiger partial charge in [-0.1, -0.05) is 0 Å². The van der Waals surface area contributed by atoms with Crippen LogP contribution < -0.4 is 11.5 Å². The Morgan fingerprint density at radius 3 is 2.25 bits per heavy atom. The molecule has 0 saturated carbocycles. The normalized spacial score (nSPS) is 8.12. The molecule has 4 nitrogen and oxygen atoms in total. The second kappa shape index (κ2) is 3.01. The third-order valence-electron chi connectivity index (χ3n) is 0.484. The molecule has 0 bridgehead atoms. The zero-order valence-corrected chi connectivity index (χ0v) is 4.72. The number of nitrogens with two attached hydrogens (primary N) is 2. The molecule has 4 heteroatoms. The first-order valence-corrected chi connectivity index (χ1v) is 2.17. The van der Waals surface area contributed by atoms with E-state index in [-0.39, 0.29) is 18.3 Å². The van der Waals surface area contributed by atoms with E-state index in [2.05, 4.69) is 4.99 Å². The second-order valence-electron chi connectivity index (χ2n) is 1.44. The van der Waals surface area contributed by atoms with E-state index in [4.69, 9.17) is 11.5 Å². The Kier molecular flexibility index (Phi) is 2.61. The number of ketones is 1. The van der Waals surface area contributed by atoms with E-state index in [1.165, 1.54) is 6.92 Å². The van der Waals surface area contributed by atoms with Crippen molar-refractivity contribution in [2.24, 2.45) is 16.5 Å². The molecule has 0 amide bonds. The molecular formula is C4H9N3O. The lowest BCUT2D eigenvalue weighted by Gasteiger charge is -1.86. The van der Waals surface area contributed by atoms with Gasteiger partial charge in [0.25, 0.3) is 0 Å². The number of nitrogens with zero attached hydrogens (tertiary/aromatic N) is 1. The Hall–Kier alpha value is -1.06. The molecule has 0 aromatic carbocycles. The summed E-state index contributed by atoms with van der Waals surface area (Å²) in [4.78, 5) is 13.6. The van der Waals surface area contributed by atoms with Crippen molar-refractivity contribution >= 4 is 11.7 Å². The molecule has 0 spiro atoms. The second-order valence-corrected chi connectivity index (χ2v) is 1.44. The maximum absolute atomic E-state index is 10.1. The number of Topliss-reactive ketones (excluding diaryl/α,β-unsaturated/α-hetero) is 1. The molecule has 0 aromatic heterocycles. The van der Waals surface area contributed by atoms with Crippen LogP contribution in [0.1, 0.15) is 6.92 Å². The summed E-state index contributed by atoms with van der Waals surface area (Å²) in [6, 6.07) is 0. The van der Waals surface area contributed by atoms with Gasteiger partial charge in [-0.05, 0) is 6.92 Å². The highest BCUT2D eigenvalue weighted by Crippen LogP contribution is 1.68. The van der Waals surface area contributed by atoms with E-state index in [1.807, 2.05) is 0 Å². The first-order valence-electron chi connectivity index (χ1n) is 2.17. The van der Waals surface area contributed by atoms with Crippen LogP contribution in [-0.2, 0) is 4.79 Å². The molecule has 0 aliphatic heterocycles. The predicted octanol–water partition coefficient (Wildman–Crippen LogP) is -1.15. The number of guanidine groups is 1. The monoisotopic (exact) mass is 115 g/mol. The smallest absolute Gasteiger partial charge is 0.186 e. The fraction of sp³-hybridized carbons (Fsp3) is 0.500. The molecule has 0 aromatic rings. The first-order chi connectivity index (χ1) is 3.63. The highest BCUT2D eigenvalue weighted by Gasteiger charge is 1.86. The van der Waals surface area contributed by atoms with Gasteiger partial charge in [0.2, 0.25) is 0 Å². The number of carbonyl (C=O) groups excluding carboxylic acids is 1. The highest BCUT2D eigenvalue weighted by atomic mass is 16.1. The van der Waals surface area contributed by atoms with Crippen LogP contribution in [0.4, 0.5) is 0 Å². The lowest BCUT2D eigenvalue weighted by molar-refractivity contribution is -0.115. The van der Waals surface area contributed by atoms with Crippen LogP contribution in [-0.4, -0.2) is 18.3 Å². The topological polar surface area (TPSA) is 81.5 Å². The van der Waals surface area contributed by atoms with Crippen LogP contribution in [0.5, 0.6) is 0 Å². The molecule has 0 aliphatic carbocycles. The van der Waals surface area contributed by atoms with Crippen molar-refractivity contribution < 1.29 is 4.79 Å². The summed E-state index contributed by atoms with van der Waals surface area (Å²) < 4.78 is 0. The van der Waals surface area contributed by atoms with Crippen LogP contribution in [0, 0.1) is 0 Å². The Bertz CT molecular complexity index is 114. The van der Waals surface area contributed by atoms with Crippen molar-refractivity contribution in [2.75, 3.05) is 6.54 Å². The SMILES string of the molecule is CC(=O)CN=C(N)N. The minimum absolute atomic E-state index is 0.0415. The van der Waals surface area contributed by atoms with Crippen LogP contribution in [0.3, 0.4) is 0 Å². The van der Waals surface area contributed by atoms with E-state index in [0.717, 1.165) is 0 Å². The number of carbonyl (C=O) groups is 1. The van der Waals surface area contributed by atoms with Gasteiger partial charge in [-0.3, -0.25) is 4.79 Å². The van der Waals surface area contributed by atoms with Gasteiger partial charge in [0, 0.05) is 0 Å². The van der Waals surface area contributed by atoms with E-state index < -0.39 is 0 Å². The maximum atomic E-state index is 10.1. The summed E-state index contributed by atoms with van der Waals surface area (Å²) in [5.41, 5.74) is 9.83. The Labute approximate surface area is 47.6 Å². The molecule has 0 heterocycles. The fourth-order valence-electron chi connectivity index (χ4n) is 0.203. The molecule has 8 heavy (non-hydrogen) atoms. The summed E-state index contributed by atoms with van der Waals surface area (Å²) >= 11 is 0. The molecule has 46 valence electrons. The maximum Gasteiger partial charge on any atom is 0.186 e. The Morgan fingerprint density at radius 1 is 1.62 bits per heavy atom. The Balaban J connectivity index is 3.45. The van der Waals surface area contributed by atoms with Crippen molar-refractivity contribution in [3.8, 4) is 0 Å². The van der Waals surface area contributed by atoms with Crippen LogP contribution in [0.2, 0.25) is 0 Å². The number of aliphatic imine (C=N–C) groups is 1. The van der Waals surface area contributed by atoms with Gasteiger partial charge < -0.3 is 11.5 Å². The van der Waals surface area contributed by atoms with E-state index in [9.17, 15) is 4.79 Å². The first kappa shape index (κ1) is 6.94. The van der Waals surface area contributed by atoms with Crippen molar-refractivity contribution in [1.82, 2.24) is 0 Å². The molecule has 0 aliphatic rings. The van der Waals surface area contributed by atoms with Crippen molar-refractivity contribution in [2.45, 2.75) is 6.92 Å². The third kappa shape index (κ3) is 4.94. The minimum atomic E-state index is -0.0431. The summed E-state index contributed by atoms with van der Waals surface area (Å²) in [5, 5.41) is 0. The summed E-state index contributed by atoms with van der Waals surface area (Å²) in [7, 11) is 0. The molecule has 4 N–H and O–H groups in total. The van der Waals surface area contributed by atoms with Gasteiger partial charge in [-0.2, -0.15) is 0 Å². The molecule has 0 fully saturated rings. The predicted molar refractivity (Wildman–Crippen MR) is 31.4 cm³/mol. The highest BCUT2D eigenvalue weighted by molar-refractivity contribution is 5.82. The van der Waals surface area contributed by atoms with Crippen LogP contribution in [0.25, 0.3) is 0 Å². The zero-order chi connectivity index (χ0) is 6.57. The van der Waals surface area contributed by atoms with E-state index >= 15 is 0 Å². The van der Waals surface area contributed by atoms with E-state index in [1.54, 1.807) is 0 Å². The lowest BCUT2D eigenvalue weighted by atomic mass is 10.5. The van der Waals surface area contributed by atoms with Crippen molar-refractivity contribution in [1.29, 1.82) is 0 Å². The van der Waals surface area contributed by atoms with E-state index in [0.29, 0.717) is 0 Å². The van der Waals surface area contributed by atoms with Gasteiger partial charge in [0.1, 0.15) is 6.54 Å². The summed E-state index contributed by atoms with van der Waals surface area (Å²) in [5.74, 6) is -0.0846. The third-order valence-corrected chi connectivity index (χ3v) is 0.484. The van der Waals surface area contributed by atoms with Crippen molar-refractivity contribution in [3.05, 3.63) is 0 Å². The summed E-state index contributed by atoms with van der Waals surface area (Å²) in [6.45, 7) is 1.51. The molecular weight excluding hydrogens is 106 g/mol. The average Bonchev–Trinajstić information content (AvgIpc) is 1.61. The average molecular weight is 115 g/mol. The van der Waals surface area contributed by atoms with Gasteiger partial charge in [0.15, 0.2) is 11.7 Å². The Morgan fingerprint density at radius 2 is 2.12 bits per heavy atom. The fourth-order valence-corrected chi connectivity index (χ4v) is 0.203. The largest absolute Gasteiger partial charge is 0.370 e. The standard InChI is InChI=1S/C4H9N3O/c1-3(8)2-7-4(5)6/h2H2,1H3,(H4,5,6,7). The van der Waals surface area contributed by atoms with Gasteiger partial charge in [-0.25, -0.2) is 4.99 Å².